The van der Waals surface area contributed by atoms with Crippen molar-refractivity contribution in [3.05, 3.63) is 65.7 Å². The summed E-state index contributed by atoms with van der Waals surface area (Å²) < 4.78 is 4.80. The summed E-state index contributed by atoms with van der Waals surface area (Å²) in [6.45, 7) is 3.87. The maximum Gasteiger partial charge on any atom is 0.310 e. The number of esters is 1. The summed E-state index contributed by atoms with van der Waals surface area (Å²) in [5.41, 5.74) is 2.12. The van der Waals surface area contributed by atoms with Crippen molar-refractivity contribution in [2.45, 2.75) is 20.3 Å². The monoisotopic (exact) mass is 382 g/mol. The van der Waals surface area contributed by atoms with Gasteiger partial charge in [-0.2, -0.15) is 0 Å². The molecule has 0 aliphatic rings. The van der Waals surface area contributed by atoms with E-state index >= 15 is 0 Å². The Morgan fingerprint density at radius 1 is 1.07 bits per heavy atom. The van der Waals surface area contributed by atoms with E-state index in [1.807, 2.05) is 30.3 Å². The molecule has 0 saturated carbocycles. The fourth-order valence-corrected chi connectivity index (χ4v) is 2.91. The topological polar surface area (TPSA) is 75.7 Å². The molecule has 2 amide bonds. The lowest BCUT2D eigenvalue weighted by Gasteiger charge is -2.25. The van der Waals surface area contributed by atoms with Crippen LogP contribution < -0.4 is 5.32 Å². The fourth-order valence-electron chi connectivity index (χ4n) is 2.91. The summed E-state index contributed by atoms with van der Waals surface area (Å²) in [5, 5.41) is 2.68. The lowest BCUT2D eigenvalue weighted by atomic mass is 10.1. The zero-order valence-electron chi connectivity index (χ0n) is 16.5. The van der Waals surface area contributed by atoms with E-state index in [0.717, 1.165) is 5.56 Å². The molecular formula is C22H26N2O4. The first-order valence-corrected chi connectivity index (χ1v) is 9.19. The largest absolute Gasteiger partial charge is 0.469 e. The number of anilines is 1. The predicted molar refractivity (Wildman–Crippen MR) is 108 cm³/mol. The fraction of sp³-hybridized carbons (Fsp3) is 0.318. The molecule has 2 aromatic rings. The minimum atomic E-state index is -0.441. The molecule has 0 aliphatic heterocycles. The van der Waals surface area contributed by atoms with E-state index in [1.165, 1.54) is 14.0 Å². The van der Waals surface area contributed by atoms with Gasteiger partial charge in [-0.3, -0.25) is 14.4 Å². The molecule has 0 radical (unpaired) electrons. The molecule has 148 valence electrons. The molecular weight excluding hydrogens is 356 g/mol. The molecule has 1 N–H and O–H groups in total. The number of hydrogen-bond acceptors (Lipinski definition) is 4. The van der Waals surface area contributed by atoms with Gasteiger partial charge in [-0.1, -0.05) is 43.3 Å². The Balaban J connectivity index is 2.19. The van der Waals surface area contributed by atoms with Gasteiger partial charge in [-0.25, -0.2) is 0 Å². The second-order valence-corrected chi connectivity index (χ2v) is 6.67. The number of carbonyl (C=O) groups is 3. The van der Waals surface area contributed by atoms with Crippen LogP contribution in [0.3, 0.4) is 0 Å². The van der Waals surface area contributed by atoms with Gasteiger partial charge in [0, 0.05) is 31.3 Å². The van der Waals surface area contributed by atoms with Gasteiger partial charge in [0.25, 0.3) is 5.91 Å². The van der Waals surface area contributed by atoms with Gasteiger partial charge in [-0.15, -0.1) is 0 Å². The maximum atomic E-state index is 13.1. The van der Waals surface area contributed by atoms with E-state index in [2.05, 4.69) is 5.32 Å². The van der Waals surface area contributed by atoms with Crippen molar-refractivity contribution in [2.75, 3.05) is 25.5 Å². The number of benzene rings is 2. The number of methoxy groups -OCH3 is 1. The van der Waals surface area contributed by atoms with Crippen LogP contribution in [-0.2, 0) is 20.7 Å². The Hall–Kier alpha value is -3.15. The second-order valence-electron chi connectivity index (χ2n) is 6.67. The first-order chi connectivity index (χ1) is 13.4. The van der Waals surface area contributed by atoms with Crippen molar-refractivity contribution in [2.24, 2.45) is 5.92 Å². The molecule has 0 heterocycles. The summed E-state index contributed by atoms with van der Waals surface area (Å²) in [7, 11) is 1.34. The standard InChI is InChI=1S/C22H26N2O4/c1-16(22(27)28-3)15-24(13-12-18-8-5-4-6-9-18)21(26)19-10-7-11-20(14-19)23-17(2)25/h4-11,14,16H,12-13,15H2,1-3H3,(H,23,25). The molecule has 1 atom stereocenters. The molecule has 0 bridgehead atoms. The van der Waals surface area contributed by atoms with Gasteiger partial charge < -0.3 is 15.0 Å². The summed E-state index contributed by atoms with van der Waals surface area (Å²) in [6.07, 6.45) is 0.672. The number of ether oxygens (including phenoxy) is 1. The van der Waals surface area contributed by atoms with Crippen LogP contribution in [-0.4, -0.2) is 42.9 Å². The quantitative estimate of drug-likeness (QED) is 0.712. The van der Waals surface area contributed by atoms with E-state index < -0.39 is 5.92 Å². The van der Waals surface area contributed by atoms with Crippen molar-refractivity contribution < 1.29 is 19.1 Å². The van der Waals surface area contributed by atoms with Crippen LogP contribution in [0.4, 0.5) is 5.69 Å². The van der Waals surface area contributed by atoms with Gasteiger partial charge in [-0.05, 0) is 30.2 Å². The second kappa shape index (κ2) is 10.3. The maximum absolute atomic E-state index is 13.1. The molecule has 0 fully saturated rings. The Morgan fingerprint density at radius 2 is 1.79 bits per heavy atom. The van der Waals surface area contributed by atoms with Gasteiger partial charge in [0.1, 0.15) is 0 Å². The van der Waals surface area contributed by atoms with E-state index in [1.54, 1.807) is 36.1 Å². The summed E-state index contributed by atoms with van der Waals surface area (Å²) in [6, 6.07) is 16.6. The van der Waals surface area contributed by atoms with Crippen LogP contribution in [0.15, 0.2) is 54.6 Å². The molecule has 1 unspecified atom stereocenters. The van der Waals surface area contributed by atoms with Crippen LogP contribution in [0.25, 0.3) is 0 Å². The lowest BCUT2D eigenvalue weighted by molar-refractivity contribution is -0.145. The van der Waals surface area contributed by atoms with E-state index in [0.29, 0.717) is 24.2 Å². The molecule has 6 nitrogen and oxygen atoms in total. The zero-order chi connectivity index (χ0) is 20.5. The van der Waals surface area contributed by atoms with Crippen molar-refractivity contribution >= 4 is 23.5 Å². The summed E-state index contributed by atoms with van der Waals surface area (Å²) in [4.78, 5) is 37.9. The Morgan fingerprint density at radius 3 is 2.43 bits per heavy atom. The average Bonchev–Trinajstić information content (AvgIpc) is 2.70. The van der Waals surface area contributed by atoms with Crippen LogP contribution >= 0.6 is 0 Å². The van der Waals surface area contributed by atoms with Gasteiger partial charge in [0.2, 0.25) is 5.91 Å². The molecule has 0 aliphatic carbocycles. The number of nitrogens with zero attached hydrogens (tertiary/aromatic N) is 1. The number of amides is 2. The van der Waals surface area contributed by atoms with Crippen molar-refractivity contribution in [1.29, 1.82) is 0 Å². The van der Waals surface area contributed by atoms with E-state index in [9.17, 15) is 14.4 Å². The Labute approximate surface area is 165 Å². The van der Waals surface area contributed by atoms with Gasteiger partial charge in [0.15, 0.2) is 0 Å². The lowest BCUT2D eigenvalue weighted by Crippen LogP contribution is -2.38. The highest BCUT2D eigenvalue weighted by molar-refractivity contribution is 5.97. The minimum absolute atomic E-state index is 0.195. The highest BCUT2D eigenvalue weighted by Gasteiger charge is 2.22. The normalized spacial score (nSPS) is 11.4. The zero-order valence-corrected chi connectivity index (χ0v) is 16.5. The van der Waals surface area contributed by atoms with Crippen LogP contribution in [0.1, 0.15) is 29.8 Å². The third-order valence-electron chi connectivity index (χ3n) is 4.33. The molecule has 2 rings (SSSR count). The summed E-state index contributed by atoms with van der Waals surface area (Å²) >= 11 is 0. The van der Waals surface area contributed by atoms with Crippen molar-refractivity contribution in [3.8, 4) is 0 Å². The first kappa shape index (κ1) is 21.2. The van der Waals surface area contributed by atoms with Gasteiger partial charge >= 0.3 is 5.97 Å². The van der Waals surface area contributed by atoms with Crippen molar-refractivity contribution in [3.63, 3.8) is 0 Å². The third-order valence-corrected chi connectivity index (χ3v) is 4.33. The van der Waals surface area contributed by atoms with Crippen LogP contribution in [0.2, 0.25) is 0 Å². The number of nitrogens with one attached hydrogen (secondary N) is 1. The molecule has 28 heavy (non-hydrogen) atoms. The highest BCUT2D eigenvalue weighted by atomic mass is 16.5. The Bertz CT molecular complexity index is 820. The molecule has 2 aromatic carbocycles. The predicted octanol–water partition coefficient (Wildman–Crippen LogP) is 3.14. The number of carbonyl (C=O) groups excluding carboxylic acids is 3. The first-order valence-electron chi connectivity index (χ1n) is 9.19. The van der Waals surface area contributed by atoms with Crippen LogP contribution in [0.5, 0.6) is 0 Å². The average molecular weight is 382 g/mol. The van der Waals surface area contributed by atoms with Crippen LogP contribution in [0, 0.1) is 5.92 Å². The molecule has 0 spiro atoms. The third kappa shape index (κ3) is 6.23. The summed E-state index contributed by atoms with van der Waals surface area (Å²) in [5.74, 6) is -1.20. The Kier molecular flexibility index (Phi) is 7.75. The molecule has 0 aromatic heterocycles. The minimum Gasteiger partial charge on any atom is -0.469 e. The number of hydrogen-bond donors (Lipinski definition) is 1. The number of rotatable bonds is 8. The van der Waals surface area contributed by atoms with E-state index in [4.69, 9.17) is 4.74 Å². The molecule has 6 heteroatoms. The van der Waals surface area contributed by atoms with Crippen molar-refractivity contribution in [1.82, 2.24) is 4.90 Å². The molecule has 0 saturated heterocycles. The van der Waals surface area contributed by atoms with E-state index in [-0.39, 0.29) is 24.3 Å². The van der Waals surface area contributed by atoms with Gasteiger partial charge in [0.05, 0.1) is 13.0 Å². The highest BCUT2D eigenvalue weighted by Crippen LogP contribution is 2.15. The SMILES string of the molecule is COC(=O)C(C)CN(CCc1ccccc1)C(=O)c1cccc(NC(C)=O)c1. The smallest absolute Gasteiger partial charge is 0.310 e.